The number of aliphatic hydroxyl groups is 1. The Morgan fingerprint density at radius 2 is 0.975 bits per heavy atom. The van der Waals surface area contributed by atoms with Crippen LogP contribution in [0.4, 0.5) is 0 Å². The molecule has 7 aliphatic rings. The molecule has 0 radical (unpaired) electrons. The first-order valence-electron chi connectivity index (χ1n) is 27.1. The van der Waals surface area contributed by atoms with Gasteiger partial charge in [-0.2, -0.15) is 0 Å². The minimum absolute atomic E-state index is 0.00754. The highest BCUT2D eigenvalue weighted by atomic mass is 35.5. The first-order chi connectivity index (χ1) is 38.5. The monoisotopic (exact) mass is 1170 g/mol. The SMILES string of the molecule is COC(=O)C1CN(Cc2ccc(Cl)cc2)C1.COC(=O)C1CNC1.O=C(N[C@H](CN1CCCC1)[C@H](O)c1ccc2c(c1)OCCO2)C1CN(Cc2ccc(Cl)cc2)C1.O=C(O)C1CN(Cc2ccc(Cl)cc2)C1.O=C(O)C1CNC1. The number of ether oxygens (including phenoxy) is 4. The number of aliphatic hydroxyl groups excluding tert-OH is 1. The lowest BCUT2D eigenvalue weighted by atomic mass is 9.96. The van der Waals surface area contributed by atoms with E-state index in [4.69, 9.17) is 54.5 Å². The van der Waals surface area contributed by atoms with Crippen LogP contribution >= 0.6 is 34.8 Å². The van der Waals surface area contributed by atoms with Gasteiger partial charge in [-0.1, -0.05) is 77.3 Å². The lowest BCUT2D eigenvalue weighted by Gasteiger charge is -2.39. The van der Waals surface area contributed by atoms with Crippen LogP contribution in [0.3, 0.4) is 0 Å². The largest absolute Gasteiger partial charge is 0.486 e. The Morgan fingerprint density at radius 1 is 0.562 bits per heavy atom. The summed E-state index contributed by atoms with van der Waals surface area (Å²) in [6.45, 7) is 13.3. The molecule has 6 N–H and O–H groups in total. The third-order valence-electron chi connectivity index (χ3n) is 14.8. The maximum absolute atomic E-state index is 13.1. The first-order valence-corrected chi connectivity index (χ1v) is 28.2. The van der Waals surface area contributed by atoms with Crippen LogP contribution in [0.1, 0.15) is 41.2 Å². The second-order valence-electron chi connectivity index (χ2n) is 21.0. The average molecular weight is 1170 g/mol. The molecule has 0 aromatic heterocycles. The predicted octanol–water partition coefficient (Wildman–Crippen LogP) is 5.33. The van der Waals surface area contributed by atoms with Gasteiger partial charge in [0.25, 0.3) is 0 Å². The summed E-state index contributed by atoms with van der Waals surface area (Å²) in [5.41, 5.74) is 4.30. The van der Waals surface area contributed by atoms with Crippen LogP contribution in [0.5, 0.6) is 11.5 Å². The fourth-order valence-electron chi connectivity index (χ4n) is 9.61. The molecular formula is C58H74Cl3N7O12. The Labute approximate surface area is 482 Å². The lowest BCUT2D eigenvalue weighted by molar-refractivity contribution is -0.151. The zero-order valence-electron chi connectivity index (χ0n) is 45.3. The normalized spacial score (nSPS) is 19.2. The number of benzene rings is 4. The summed E-state index contributed by atoms with van der Waals surface area (Å²) in [5, 5.41) is 39.4. The number of halogens is 3. The topological polar surface area (TPSA) is 232 Å². The summed E-state index contributed by atoms with van der Waals surface area (Å²) in [4.78, 5) is 64.2. The number of esters is 2. The van der Waals surface area contributed by atoms with Crippen LogP contribution in [-0.4, -0.2) is 183 Å². The summed E-state index contributed by atoms with van der Waals surface area (Å²) >= 11 is 17.5. The summed E-state index contributed by atoms with van der Waals surface area (Å²) in [7, 11) is 2.85. The molecule has 0 saturated carbocycles. The molecule has 11 rings (SSSR count). The molecule has 19 nitrogen and oxygen atoms in total. The Kier molecular flexibility index (Phi) is 24.0. The van der Waals surface area contributed by atoms with E-state index in [1.807, 2.05) is 91.0 Å². The number of fused-ring (bicyclic) bond motifs is 1. The van der Waals surface area contributed by atoms with Crippen molar-refractivity contribution in [3.05, 3.63) is 128 Å². The highest BCUT2D eigenvalue weighted by Gasteiger charge is 2.37. The molecule has 4 aromatic carbocycles. The van der Waals surface area contributed by atoms with E-state index in [1.165, 1.54) is 30.9 Å². The van der Waals surface area contributed by atoms with E-state index in [2.05, 4.69) is 45.0 Å². The molecule has 6 fully saturated rings. The van der Waals surface area contributed by atoms with Crippen LogP contribution in [0, 0.1) is 29.6 Å². The van der Waals surface area contributed by atoms with Gasteiger partial charge in [0.2, 0.25) is 5.91 Å². The summed E-state index contributed by atoms with van der Waals surface area (Å²) in [6, 6.07) is 28.4. The number of amides is 1. The molecule has 4 aromatic rings. The van der Waals surface area contributed by atoms with Crippen LogP contribution in [0.2, 0.25) is 15.1 Å². The molecule has 2 atom stereocenters. The van der Waals surface area contributed by atoms with Gasteiger partial charge in [-0.05, 0) is 96.7 Å². The molecule has 1 amide bonds. The van der Waals surface area contributed by atoms with Crippen LogP contribution in [0.15, 0.2) is 91.0 Å². The maximum atomic E-state index is 13.1. The smallest absolute Gasteiger partial charge is 0.311 e. The number of carbonyl (C=O) groups excluding carboxylic acids is 3. The number of nitrogens with zero attached hydrogens (tertiary/aromatic N) is 4. The molecule has 7 aliphatic heterocycles. The maximum Gasteiger partial charge on any atom is 0.311 e. The Morgan fingerprint density at radius 3 is 1.36 bits per heavy atom. The molecule has 7 heterocycles. The number of likely N-dealkylation sites (tertiary alicyclic amines) is 4. The zero-order chi connectivity index (χ0) is 57.1. The fourth-order valence-corrected chi connectivity index (χ4v) is 9.99. The van der Waals surface area contributed by atoms with Crippen molar-refractivity contribution < 1.29 is 58.2 Å². The van der Waals surface area contributed by atoms with E-state index in [9.17, 15) is 29.1 Å². The molecule has 0 aliphatic carbocycles. The van der Waals surface area contributed by atoms with Crippen molar-refractivity contribution in [2.45, 2.75) is 44.6 Å². The standard InChI is InChI=1S/C26H32ClN3O4.C12H14ClNO2.C11H12ClNO2.C5H9NO2.C4H7NO2/c27-21-6-3-18(4-7-21)14-30-15-20(16-30)26(32)28-22(17-29-9-1-2-10-29)25(31)19-5-8-23-24(13-19)34-12-11-33-23;1-16-12(15)10-7-14(8-10)6-9-2-4-11(13)5-3-9;12-10-3-1-8(2-4-10)5-13-6-9(7-13)11(14)15;1-8-5(7)4-2-6-3-4;6-4(7)3-1-5-2-3/h3-8,13,20,22,25,31H,1-2,9-12,14-17H2,(H,28,32);2-5,10H,6-8H2,1H3;1-4,9H,5-7H2,(H,14,15);4,6H,2-3H2,1H3;3,5H,1-2H2,(H,6,7)/t22-,25-;;;;/m1..../s1. The molecule has 0 bridgehead atoms. The van der Waals surface area contributed by atoms with Gasteiger partial charge < -0.3 is 55.1 Å². The third-order valence-corrected chi connectivity index (χ3v) is 15.6. The van der Waals surface area contributed by atoms with Gasteiger partial charge in [0.1, 0.15) is 19.3 Å². The molecule has 80 heavy (non-hydrogen) atoms. The van der Waals surface area contributed by atoms with E-state index < -0.39 is 24.1 Å². The summed E-state index contributed by atoms with van der Waals surface area (Å²) in [5.74, 6) is -0.413. The minimum Gasteiger partial charge on any atom is -0.486 e. The summed E-state index contributed by atoms with van der Waals surface area (Å²) in [6.07, 6.45) is 1.48. The third kappa shape index (κ3) is 19.0. The number of nitrogens with one attached hydrogen (secondary N) is 3. The number of carbonyl (C=O) groups is 5. The van der Waals surface area contributed by atoms with Crippen LogP contribution in [-0.2, 0) is 53.1 Å². The van der Waals surface area contributed by atoms with Crippen molar-refractivity contribution in [3.8, 4) is 11.5 Å². The van der Waals surface area contributed by atoms with Crippen molar-refractivity contribution in [2.24, 2.45) is 29.6 Å². The predicted molar refractivity (Wildman–Crippen MR) is 303 cm³/mol. The van der Waals surface area contributed by atoms with Crippen LogP contribution in [0.25, 0.3) is 0 Å². The second kappa shape index (κ2) is 31.0. The van der Waals surface area contributed by atoms with E-state index in [1.54, 1.807) is 0 Å². The van der Waals surface area contributed by atoms with Gasteiger partial charge in [0.15, 0.2) is 11.5 Å². The number of carboxylic acids is 2. The van der Waals surface area contributed by atoms with Crippen molar-refractivity contribution >= 4 is 64.6 Å². The van der Waals surface area contributed by atoms with Crippen molar-refractivity contribution in [1.82, 2.24) is 35.6 Å². The highest BCUT2D eigenvalue weighted by Crippen LogP contribution is 2.34. The minimum atomic E-state index is -0.828. The quantitative estimate of drug-likeness (QED) is 0.0779. The molecule has 0 unspecified atom stereocenters. The molecule has 22 heteroatoms. The van der Waals surface area contributed by atoms with Crippen molar-refractivity contribution in [2.75, 3.05) is 113 Å². The molecule has 0 spiro atoms. The highest BCUT2D eigenvalue weighted by molar-refractivity contribution is 6.31. The van der Waals surface area contributed by atoms with E-state index in [-0.39, 0.29) is 47.4 Å². The fraction of sp³-hybridized carbons (Fsp3) is 0.500. The van der Waals surface area contributed by atoms with Crippen molar-refractivity contribution in [3.63, 3.8) is 0 Å². The number of aliphatic carboxylic acids is 2. The van der Waals surface area contributed by atoms with Gasteiger partial charge in [-0.15, -0.1) is 0 Å². The van der Waals surface area contributed by atoms with Gasteiger partial charge in [-0.3, -0.25) is 38.7 Å². The molecule has 6 saturated heterocycles. The summed E-state index contributed by atoms with van der Waals surface area (Å²) < 4.78 is 20.5. The molecular weight excluding hydrogens is 1090 g/mol. The molecule has 434 valence electrons. The number of rotatable bonds is 16. The first kappa shape index (κ1) is 62.0. The van der Waals surface area contributed by atoms with Crippen LogP contribution < -0.4 is 25.4 Å². The lowest BCUT2D eigenvalue weighted by Crippen LogP contribution is -2.56. The van der Waals surface area contributed by atoms with Gasteiger partial charge in [0.05, 0.1) is 49.9 Å². The number of hydrogen-bond donors (Lipinski definition) is 6. The number of hydrogen-bond acceptors (Lipinski definition) is 16. The van der Waals surface area contributed by atoms with E-state index >= 15 is 0 Å². The van der Waals surface area contributed by atoms with Gasteiger partial charge in [0, 0.05) is 107 Å². The van der Waals surface area contributed by atoms with E-state index in [0.29, 0.717) is 70.5 Å². The van der Waals surface area contributed by atoms with Gasteiger partial charge >= 0.3 is 23.9 Å². The van der Waals surface area contributed by atoms with Crippen molar-refractivity contribution in [1.29, 1.82) is 0 Å². The van der Waals surface area contributed by atoms with Gasteiger partial charge in [-0.25, -0.2) is 0 Å². The zero-order valence-corrected chi connectivity index (χ0v) is 47.6. The Hall–Kier alpha value is -5.58. The number of methoxy groups -OCH3 is 2. The Bertz CT molecular complexity index is 2630. The average Bonchev–Trinajstić information content (AvgIpc) is 3.94. The van der Waals surface area contributed by atoms with E-state index in [0.717, 1.165) is 92.4 Å². The second-order valence-corrected chi connectivity index (χ2v) is 22.3. The number of carboxylic acid groups (broad SMARTS) is 2. The Balaban J connectivity index is 0.000000166.